The first-order chi connectivity index (χ1) is 4.86. The third-order valence-electron chi connectivity index (χ3n) is 1.96. The Labute approximate surface area is 73.5 Å². The van der Waals surface area contributed by atoms with Crippen molar-refractivity contribution in [2.75, 3.05) is 25.1 Å². The fourth-order valence-corrected chi connectivity index (χ4v) is 2.75. The summed E-state index contributed by atoms with van der Waals surface area (Å²) < 4.78 is 7.85. The van der Waals surface area contributed by atoms with Crippen LogP contribution in [0.1, 0.15) is 12.8 Å². The van der Waals surface area contributed by atoms with Gasteiger partial charge in [-0.15, -0.1) is 0 Å². The molecule has 0 aromatic heterocycles. The molecular weight excluding hydrogens is 241 g/mol. The van der Waals surface area contributed by atoms with Gasteiger partial charge in [0.1, 0.15) is 0 Å². The van der Waals surface area contributed by atoms with Gasteiger partial charge in [-0.3, -0.25) is 0 Å². The molecule has 62 valence electrons. The van der Waals surface area contributed by atoms with E-state index in [9.17, 15) is 0 Å². The predicted molar refractivity (Wildman–Crippen MR) is 37.5 cm³/mol. The second-order valence-electron chi connectivity index (χ2n) is 2.51. The maximum atomic E-state index is 5.27. The molecule has 1 aliphatic rings. The van der Waals surface area contributed by atoms with E-state index < -0.39 is 0 Å². The summed E-state index contributed by atoms with van der Waals surface area (Å²) in [6, 6.07) is 0. The molecule has 10 heavy (non-hydrogen) atoms. The molecule has 0 amide bonds. The molecule has 1 fully saturated rings. The molecule has 0 bridgehead atoms. The molecule has 0 atom stereocenters. The molecule has 0 N–H and O–H groups in total. The van der Waals surface area contributed by atoms with Gasteiger partial charge in [-0.05, 0) is 0 Å². The standard InChI is InChI=1S/C7H15INO/c1-8-9-5-3-7(10-2)4-6-9/h7H,3-6H2,1-2H3/q-1. The Hall–Kier alpha value is 0.650. The Balaban J connectivity index is 2.17. The van der Waals surface area contributed by atoms with Crippen LogP contribution in [0.4, 0.5) is 0 Å². The van der Waals surface area contributed by atoms with Crippen LogP contribution >= 0.6 is 0 Å². The zero-order valence-electron chi connectivity index (χ0n) is 6.64. The quantitative estimate of drug-likeness (QED) is 0.314. The number of methoxy groups -OCH3 is 1. The van der Waals surface area contributed by atoms with Crippen molar-refractivity contribution in [3.63, 3.8) is 0 Å². The van der Waals surface area contributed by atoms with Gasteiger partial charge in [-0.25, -0.2) is 0 Å². The van der Waals surface area contributed by atoms with Gasteiger partial charge in [0.15, 0.2) is 0 Å². The van der Waals surface area contributed by atoms with E-state index in [4.69, 9.17) is 4.74 Å². The van der Waals surface area contributed by atoms with E-state index in [-0.39, 0.29) is 0 Å². The Morgan fingerprint density at radius 2 is 2.00 bits per heavy atom. The van der Waals surface area contributed by atoms with Crippen molar-refractivity contribution < 1.29 is 26.2 Å². The van der Waals surface area contributed by atoms with E-state index >= 15 is 0 Å². The van der Waals surface area contributed by atoms with Crippen molar-refractivity contribution >= 4 is 0 Å². The second-order valence-corrected chi connectivity index (χ2v) is 4.84. The summed E-state index contributed by atoms with van der Waals surface area (Å²) >= 11 is 0.339. The van der Waals surface area contributed by atoms with Gasteiger partial charge < -0.3 is 0 Å². The molecule has 1 saturated heterocycles. The third kappa shape index (κ3) is 2.36. The van der Waals surface area contributed by atoms with Crippen LogP contribution in [0.2, 0.25) is 0 Å². The Bertz CT molecular complexity index is 79.6. The van der Waals surface area contributed by atoms with Crippen molar-refractivity contribution in [2.24, 2.45) is 0 Å². The van der Waals surface area contributed by atoms with E-state index in [2.05, 4.69) is 8.04 Å². The van der Waals surface area contributed by atoms with Crippen LogP contribution in [-0.2, 0) is 4.74 Å². The molecule has 0 aromatic carbocycles. The fraction of sp³-hybridized carbons (Fsp3) is 1.00. The number of piperidine rings is 1. The molecule has 2 nitrogen and oxygen atoms in total. The second kappa shape index (κ2) is 4.51. The number of halogens is 1. The van der Waals surface area contributed by atoms with Gasteiger partial charge >= 0.3 is 73.4 Å². The van der Waals surface area contributed by atoms with Gasteiger partial charge in [0.2, 0.25) is 0 Å². The average Bonchev–Trinajstić information content (AvgIpc) is 2.05. The first-order valence-corrected chi connectivity index (χ1v) is 6.76. The number of hydrogen-bond acceptors (Lipinski definition) is 2. The van der Waals surface area contributed by atoms with Gasteiger partial charge in [-0.2, -0.15) is 0 Å². The van der Waals surface area contributed by atoms with Gasteiger partial charge in [-0.1, -0.05) is 0 Å². The molecule has 0 saturated carbocycles. The molecule has 3 heteroatoms. The predicted octanol–water partition coefficient (Wildman–Crippen LogP) is -2.27. The molecule has 0 radical (unpaired) electrons. The summed E-state index contributed by atoms with van der Waals surface area (Å²) in [5.74, 6) is 0. The maximum absolute atomic E-state index is 5.27. The molecule has 0 aliphatic carbocycles. The van der Waals surface area contributed by atoms with Crippen LogP contribution in [0.5, 0.6) is 0 Å². The average molecular weight is 256 g/mol. The summed E-state index contributed by atoms with van der Waals surface area (Å²) in [4.78, 5) is 2.33. The molecule has 1 heterocycles. The fourth-order valence-electron chi connectivity index (χ4n) is 1.23. The van der Waals surface area contributed by atoms with Crippen molar-refractivity contribution in [2.45, 2.75) is 18.9 Å². The van der Waals surface area contributed by atoms with E-state index in [0.717, 1.165) is 0 Å². The zero-order valence-corrected chi connectivity index (χ0v) is 8.80. The number of ether oxygens (including phenoxy) is 1. The monoisotopic (exact) mass is 256 g/mol. The van der Waals surface area contributed by atoms with E-state index in [1.165, 1.54) is 25.9 Å². The van der Waals surface area contributed by atoms with Crippen molar-refractivity contribution in [1.29, 1.82) is 0 Å². The SMILES string of the molecule is COC1CCN([I-]C)CC1. The number of alkyl halides is 1. The summed E-state index contributed by atoms with van der Waals surface area (Å²) in [6.45, 7) is 2.53. The molecule has 1 aliphatic heterocycles. The number of hydrogen-bond donors (Lipinski definition) is 0. The van der Waals surface area contributed by atoms with Gasteiger partial charge in [0, 0.05) is 0 Å². The Morgan fingerprint density at radius 1 is 1.40 bits per heavy atom. The van der Waals surface area contributed by atoms with Crippen molar-refractivity contribution in [1.82, 2.24) is 3.11 Å². The van der Waals surface area contributed by atoms with E-state index in [1.54, 1.807) is 0 Å². The van der Waals surface area contributed by atoms with Gasteiger partial charge in [0.25, 0.3) is 0 Å². The first-order valence-electron chi connectivity index (χ1n) is 3.64. The third-order valence-corrected chi connectivity index (χ3v) is 4.29. The summed E-state index contributed by atoms with van der Waals surface area (Å²) in [6.07, 6.45) is 3.03. The Kier molecular flexibility index (Phi) is 3.95. The molecule has 0 spiro atoms. The van der Waals surface area contributed by atoms with Crippen LogP contribution in [0, 0.1) is 0 Å². The normalized spacial score (nSPS) is 23.8. The molecule has 1 rings (SSSR count). The molecule has 0 unspecified atom stereocenters. The van der Waals surface area contributed by atoms with Crippen molar-refractivity contribution in [3.8, 4) is 0 Å². The van der Waals surface area contributed by atoms with Crippen LogP contribution in [0.25, 0.3) is 0 Å². The first kappa shape index (κ1) is 8.74. The van der Waals surface area contributed by atoms with Crippen LogP contribution < -0.4 is 21.5 Å². The van der Waals surface area contributed by atoms with Crippen LogP contribution in [-0.4, -0.2) is 34.3 Å². The van der Waals surface area contributed by atoms with E-state index in [0.29, 0.717) is 27.6 Å². The number of rotatable bonds is 2. The van der Waals surface area contributed by atoms with Gasteiger partial charge in [0.05, 0.1) is 0 Å². The van der Waals surface area contributed by atoms with E-state index in [1.807, 2.05) is 7.11 Å². The van der Waals surface area contributed by atoms with Crippen LogP contribution in [0.15, 0.2) is 0 Å². The minimum atomic E-state index is 0.339. The summed E-state index contributed by atoms with van der Waals surface area (Å²) in [5, 5.41) is 0. The summed E-state index contributed by atoms with van der Waals surface area (Å²) in [7, 11) is 1.82. The zero-order chi connectivity index (χ0) is 7.40. The summed E-state index contributed by atoms with van der Waals surface area (Å²) in [5.41, 5.74) is 0. The number of nitrogens with zero attached hydrogens (tertiary/aromatic N) is 1. The topological polar surface area (TPSA) is 12.5 Å². The minimum absolute atomic E-state index is 0.339. The molecule has 0 aromatic rings. The Morgan fingerprint density at radius 3 is 2.40 bits per heavy atom. The molecular formula is C7H15INO-. The van der Waals surface area contributed by atoms with Crippen molar-refractivity contribution in [3.05, 3.63) is 0 Å². The van der Waals surface area contributed by atoms with Crippen LogP contribution in [0.3, 0.4) is 0 Å².